The summed E-state index contributed by atoms with van der Waals surface area (Å²) in [6.07, 6.45) is 4.00. The van der Waals surface area contributed by atoms with Crippen LogP contribution in [0.4, 0.5) is 15.0 Å². The molecule has 11 heteroatoms. The Morgan fingerprint density at radius 3 is 2.67 bits per heavy atom. The molecule has 10 nitrogen and oxygen atoms in total. The number of methoxy groups -OCH3 is 1. The highest BCUT2D eigenvalue weighted by Crippen LogP contribution is 2.33. The van der Waals surface area contributed by atoms with Gasteiger partial charge < -0.3 is 14.8 Å². The van der Waals surface area contributed by atoms with Crippen LogP contribution in [0, 0.1) is 6.92 Å². The molecule has 0 radical (unpaired) electrons. The Morgan fingerprint density at radius 1 is 1.25 bits per heavy atom. The maximum absolute atomic E-state index is 14.6. The number of benzene rings is 1. The van der Waals surface area contributed by atoms with E-state index in [1.807, 2.05) is 37.3 Å². The lowest BCUT2D eigenvalue weighted by Gasteiger charge is -2.31. The second-order valence-electron chi connectivity index (χ2n) is 9.20. The normalized spacial score (nSPS) is 19.1. The number of ether oxygens (including phenoxy) is 2. The molecule has 3 aromatic rings. The third-order valence-electron chi connectivity index (χ3n) is 6.56. The SMILES string of the molecule is COCCN1CC[C@H](NC(=O)Nc2c(C)c(-c3cnc(C4(F)COC4)nc3)nn2-c2ccccc2)C1. The van der Waals surface area contributed by atoms with Crippen molar-refractivity contribution in [1.82, 2.24) is 30.0 Å². The van der Waals surface area contributed by atoms with Crippen molar-refractivity contribution in [3.8, 4) is 16.9 Å². The maximum atomic E-state index is 14.6. The number of alkyl halides is 1. The Balaban J connectivity index is 1.37. The quantitative estimate of drug-likeness (QED) is 0.495. The van der Waals surface area contributed by atoms with E-state index in [9.17, 15) is 9.18 Å². The number of nitrogens with one attached hydrogen (secondary N) is 2. The van der Waals surface area contributed by atoms with E-state index in [4.69, 9.17) is 14.6 Å². The Hall–Kier alpha value is -3.41. The maximum Gasteiger partial charge on any atom is 0.320 e. The number of halogens is 1. The summed E-state index contributed by atoms with van der Waals surface area (Å²) < 4.78 is 26.4. The zero-order valence-electron chi connectivity index (χ0n) is 20.4. The standard InChI is InChI=1S/C25H30FN7O3/c1-17-21(18-12-27-23(28-13-18)25(26)15-36-16-25)31-33(20-6-4-3-5-7-20)22(17)30-24(34)29-19-8-9-32(14-19)10-11-35-2/h3-7,12-13,19H,8-11,14-16H2,1-2H3,(H2,29,30,34)/t19-/m0/s1. The van der Waals surface area contributed by atoms with Gasteiger partial charge in [0, 0.05) is 56.3 Å². The Morgan fingerprint density at radius 2 is 2.00 bits per heavy atom. The third-order valence-corrected chi connectivity index (χ3v) is 6.56. The zero-order valence-corrected chi connectivity index (χ0v) is 20.4. The van der Waals surface area contributed by atoms with Gasteiger partial charge in [0.25, 0.3) is 0 Å². The van der Waals surface area contributed by atoms with Gasteiger partial charge in [-0.3, -0.25) is 10.2 Å². The molecule has 190 valence electrons. The Bertz CT molecular complexity index is 1200. The van der Waals surface area contributed by atoms with Crippen LogP contribution in [0.2, 0.25) is 0 Å². The summed E-state index contributed by atoms with van der Waals surface area (Å²) in [6, 6.07) is 9.31. The summed E-state index contributed by atoms with van der Waals surface area (Å²) in [4.78, 5) is 23.7. The fourth-order valence-electron chi connectivity index (χ4n) is 4.47. The highest BCUT2D eigenvalue weighted by molar-refractivity contribution is 5.91. The minimum absolute atomic E-state index is 0.0394. The van der Waals surface area contributed by atoms with Crippen LogP contribution in [0.25, 0.3) is 16.9 Å². The van der Waals surface area contributed by atoms with Gasteiger partial charge in [0.05, 0.1) is 25.5 Å². The van der Waals surface area contributed by atoms with E-state index in [1.54, 1.807) is 24.2 Å². The number of carbonyl (C=O) groups is 1. The highest BCUT2D eigenvalue weighted by atomic mass is 19.1. The van der Waals surface area contributed by atoms with Gasteiger partial charge in [-0.15, -0.1) is 0 Å². The number of para-hydroxylation sites is 1. The van der Waals surface area contributed by atoms with Crippen molar-refractivity contribution in [1.29, 1.82) is 0 Å². The van der Waals surface area contributed by atoms with Crippen molar-refractivity contribution >= 4 is 11.8 Å². The van der Waals surface area contributed by atoms with Crippen LogP contribution in [0.3, 0.4) is 0 Å². The van der Waals surface area contributed by atoms with E-state index in [0.29, 0.717) is 23.7 Å². The zero-order chi connectivity index (χ0) is 25.1. The van der Waals surface area contributed by atoms with Crippen molar-refractivity contribution < 1.29 is 18.7 Å². The van der Waals surface area contributed by atoms with Gasteiger partial charge in [0.2, 0.25) is 5.67 Å². The molecule has 2 saturated heterocycles. The van der Waals surface area contributed by atoms with Crippen LogP contribution in [0.5, 0.6) is 0 Å². The monoisotopic (exact) mass is 495 g/mol. The highest BCUT2D eigenvalue weighted by Gasteiger charge is 2.43. The average molecular weight is 496 g/mol. The molecule has 5 rings (SSSR count). The molecule has 2 amide bonds. The van der Waals surface area contributed by atoms with Gasteiger partial charge in [0.15, 0.2) is 5.82 Å². The smallest absolute Gasteiger partial charge is 0.320 e. The van der Waals surface area contributed by atoms with E-state index in [1.165, 1.54) is 0 Å². The number of likely N-dealkylation sites (tertiary alicyclic amines) is 1. The van der Waals surface area contributed by atoms with Gasteiger partial charge >= 0.3 is 6.03 Å². The summed E-state index contributed by atoms with van der Waals surface area (Å²) in [5.74, 6) is 0.646. The fourth-order valence-corrected chi connectivity index (χ4v) is 4.47. The van der Waals surface area contributed by atoms with Crippen LogP contribution in [-0.4, -0.2) is 83.3 Å². The van der Waals surface area contributed by atoms with Crippen LogP contribution in [-0.2, 0) is 15.1 Å². The number of urea groups is 1. The van der Waals surface area contributed by atoms with Crippen LogP contribution >= 0.6 is 0 Å². The molecular formula is C25H30FN7O3. The first-order valence-corrected chi connectivity index (χ1v) is 12.0. The number of hydrogen-bond acceptors (Lipinski definition) is 7. The van der Waals surface area contributed by atoms with Crippen LogP contribution in [0.15, 0.2) is 42.7 Å². The summed E-state index contributed by atoms with van der Waals surface area (Å²) >= 11 is 0. The number of rotatable bonds is 8. The second kappa shape index (κ2) is 10.3. The molecule has 2 aliphatic rings. The topological polar surface area (TPSA) is 106 Å². The Kier molecular flexibility index (Phi) is 6.95. The first-order chi connectivity index (χ1) is 17.5. The molecule has 0 saturated carbocycles. The van der Waals surface area contributed by atoms with Crippen LogP contribution in [0.1, 0.15) is 17.8 Å². The summed E-state index contributed by atoms with van der Waals surface area (Å²) in [5.41, 5.74) is 1.13. The first-order valence-electron chi connectivity index (χ1n) is 12.0. The van der Waals surface area contributed by atoms with Crippen molar-refractivity contribution in [3.05, 3.63) is 54.1 Å². The molecule has 0 bridgehead atoms. The fraction of sp³-hybridized carbons (Fsp3) is 0.440. The van der Waals surface area contributed by atoms with Gasteiger partial charge in [-0.05, 0) is 25.5 Å². The first kappa shape index (κ1) is 24.3. The Labute approximate surface area is 208 Å². The molecule has 36 heavy (non-hydrogen) atoms. The van der Waals surface area contributed by atoms with E-state index >= 15 is 0 Å². The largest absolute Gasteiger partial charge is 0.383 e. The molecule has 0 aliphatic carbocycles. The van der Waals surface area contributed by atoms with Crippen molar-refractivity contribution in [2.24, 2.45) is 0 Å². The van der Waals surface area contributed by atoms with E-state index in [0.717, 1.165) is 37.3 Å². The second-order valence-corrected chi connectivity index (χ2v) is 9.20. The molecule has 2 aromatic heterocycles. The van der Waals surface area contributed by atoms with Gasteiger partial charge in [0.1, 0.15) is 11.5 Å². The molecule has 2 N–H and O–H groups in total. The van der Waals surface area contributed by atoms with Gasteiger partial charge in [-0.1, -0.05) is 18.2 Å². The lowest BCUT2D eigenvalue weighted by atomic mass is 10.0. The summed E-state index contributed by atoms with van der Waals surface area (Å²) in [6.45, 7) is 5.01. The van der Waals surface area contributed by atoms with Gasteiger partial charge in [-0.2, -0.15) is 5.10 Å². The van der Waals surface area contributed by atoms with Gasteiger partial charge in [-0.25, -0.2) is 23.8 Å². The number of nitrogens with zero attached hydrogens (tertiary/aromatic N) is 5. The summed E-state index contributed by atoms with van der Waals surface area (Å²) in [7, 11) is 1.69. The molecule has 1 atom stereocenters. The summed E-state index contributed by atoms with van der Waals surface area (Å²) in [5, 5.41) is 10.8. The van der Waals surface area contributed by atoms with Crippen LogP contribution < -0.4 is 10.6 Å². The van der Waals surface area contributed by atoms with E-state index in [-0.39, 0.29) is 31.1 Å². The lowest BCUT2D eigenvalue weighted by Crippen LogP contribution is -2.43. The van der Waals surface area contributed by atoms with E-state index in [2.05, 4.69) is 25.5 Å². The number of aromatic nitrogens is 4. The molecule has 1 aromatic carbocycles. The molecule has 4 heterocycles. The minimum atomic E-state index is -1.64. The number of hydrogen-bond donors (Lipinski definition) is 2. The molecule has 0 unspecified atom stereocenters. The van der Waals surface area contributed by atoms with Crippen molar-refractivity contribution in [2.45, 2.75) is 25.1 Å². The van der Waals surface area contributed by atoms with Crippen molar-refractivity contribution in [3.63, 3.8) is 0 Å². The number of anilines is 1. The molecule has 0 spiro atoms. The molecule has 2 fully saturated rings. The number of amides is 2. The third kappa shape index (κ3) is 4.95. The minimum Gasteiger partial charge on any atom is -0.383 e. The van der Waals surface area contributed by atoms with Crippen molar-refractivity contribution in [2.75, 3.05) is 51.9 Å². The predicted octanol–water partition coefficient (Wildman–Crippen LogP) is 2.67. The lowest BCUT2D eigenvalue weighted by molar-refractivity contribution is -0.140. The van der Waals surface area contributed by atoms with E-state index < -0.39 is 5.67 Å². The molecule has 2 aliphatic heterocycles. The number of carbonyl (C=O) groups excluding carboxylic acids is 1. The average Bonchev–Trinajstić information content (AvgIpc) is 3.46. The predicted molar refractivity (Wildman–Crippen MR) is 132 cm³/mol. The molecular weight excluding hydrogens is 465 g/mol.